The predicted molar refractivity (Wildman–Crippen MR) is 90.1 cm³/mol. The van der Waals surface area contributed by atoms with Gasteiger partial charge in [-0.25, -0.2) is 4.98 Å². The maximum Gasteiger partial charge on any atom is 0.455 e. The summed E-state index contributed by atoms with van der Waals surface area (Å²) >= 11 is 1.99. The van der Waals surface area contributed by atoms with Gasteiger partial charge in [0, 0.05) is 7.05 Å². The van der Waals surface area contributed by atoms with E-state index in [0.717, 1.165) is 21.3 Å². The predicted octanol–water partition coefficient (Wildman–Crippen LogP) is 4.38. The summed E-state index contributed by atoms with van der Waals surface area (Å²) in [6.07, 6.45) is -4.95. The third kappa shape index (κ3) is 3.72. The van der Waals surface area contributed by atoms with Crippen LogP contribution in [0.25, 0.3) is 10.2 Å². The van der Waals surface area contributed by atoms with Crippen LogP contribution in [0.2, 0.25) is 0 Å². The molecule has 2 heterocycles. The molecule has 0 aliphatic heterocycles. The first-order chi connectivity index (χ1) is 11.8. The molecule has 4 nitrogen and oxygen atoms in total. The molecule has 0 aliphatic carbocycles. The van der Waals surface area contributed by atoms with Crippen LogP contribution in [0.15, 0.2) is 36.4 Å². The molecule has 2 aromatic heterocycles. The molecule has 1 amide bonds. The molecule has 130 valence electrons. The van der Waals surface area contributed by atoms with Crippen molar-refractivity contribution in [3.63, 3.8) is 0 Å². The minimum absolute atomic E-state index is 0.0798. The molecule has 9 heteroatoms. The smallest absolute Gasteiger partial charge is 0.334 e. The first kappa shape index (κ1) is 17.6. The zero-order chi connectivity index (χ0) is 18.2. The van der Waals surface area contributed by atoms with Gasteiger partial charge in [-0.15, -0.1) is 22.7 Å². The number of rotatable bonds is 4. The van der Waals surface area contributed by atoms with Crippen molar-refractivity contribution in [1.82, 2.24) is 9.88 Å². The van der Waals surface area contributed by atoms with Crippen LogP contribution in [-0.4, -0.2) is 34.8 Å². The van der Waals surface area contributed by atoms with Gasteiger partial charge in [0.1, 0.15) is 5.01 Å². The van der Waals surface area contributed by atoms with Crippen LogP contribution in [0.4, 0.5) is 13.2 Å². The van der Waals surface area contributed by atoms with E-state index in [2.05, 4.69) is 4.98 Å². The Balaban J connectivity index is 1.74. The lowest BCUT2D eigenvalue weighted by atomic mass is 10.3. The van der Waals surface area contributed by atoms with E-state index in [1.807, 2.05) is 24.3 Å². The minimum Gasteiger partial charge on any atom is -0.334 e. The van der Waals surface area contributed by atoms with Gasteiger partial charge >= 0.3 is 6.18 Å². The highest BCUT2D eigenvalue weighted by atomic mass is 32.1. The van der Waals surface area contributed by atoms with Crippen molar-refractivity contribution in [3.8, 4) is 0 Å². The van der Waals surface area contributed by atoms with Gasteiger partial charge in [0.25, 0.3) is 11.7 Å². The van der Waals surface area contributed by atoms with E-state index in [1.54, 1.807) is 7.05 Å². The van der Waals surface area contributed by atoms with Crippen molar-refractivity contribution in [1.29, 1.82) is 0 Å². The Labute approximate surface area is 148 Å². The highest BCUT2D eigenvalue weighted by Crippen LogP contribution is 2.28. The maximum atomic E-state index is 12.4. The fourth-order valence-corrected chi connectivity index (χ4v) is 4.15. The zero-order valence-electron chi connectivity index (χ0n) is 12.8. The van der Waals surface area contributed by atoms with Crippen molar-refractivity contribution in [2.24, 2.45) is 0 Å². The highest BCUT2D eigenvalue weighted by molar-refractivity contribution is 7.18. The van der Waals surface area contributed by atoms with Gasteiger partial charge in [-0.05, 0) is 24.3 Å². The number of para-hydroxylation sites is 1. The summed E-state index contributed by atoms with van der Waals surface area (Å²) in [4.78, 5) is 29.0. The number of Topliss-reactive ketones (excluding diaryl/α,β-unsaturated/α-hetero) is 1. The van der Waals surface area contributed by atoms with Crippen LogP contribution in [0, 0.1) is 0 Å². The summed E-state index contributed by atoms with van der Waals surface area (Å²) in [5.41, 5.74) is 0.831. The lowest BCUT2D eigenvalue weighted by molar-refractivity contribution is -0.0882. The number of ketones is 1. The number of thiazole rings is 1. The number of nitrogens with zero attached hydrogens (tertiary/aromatic N) is 2. The highest BCUT2D eigenvalue weighted by Gasteiger charge is 2.40. The third-order valence-corrected chi connectivity index (χ3v) is 5.45. The summed E-state index contributed by atoms with van der Waals surface area (Å²) < 4.78 is 38.3. The van der Waals surface area contributed by atoms with Gasteiger partial charge in [-0.2, -0.15) is 13.2 Å². The minimum atomic E-state index is -4.95. The van der Waals surface area contributed by atoms with Gasteiger partial charge in [0.2, 0.25) is 0 Å². The van der Waals surface area contributed by atoms with E-state index in [0.29, 0.717) is 11.3 Å². The van der Waals surface area contributed by atoms with Gasteiger partial charge in [-0.3, -0.25) is 9.59 Å². The van der Waals surface area contributed by atoms with Crippen LogP contribution in [0.1, 0.15) is 24.4 Å². The van der Waals surface area contributed by atoms with E-state index in [9.17, 15) is 22.8 Å². The number of hydrogen-bond acceptors (Lipinski definition) is 5. The molecule has 0 N–H and O–H groups in total. The van der Waals surface area contributed by atoms with Crippen molar-refractivity contribution in [2.45, 2.75) is 12.7 Å². The van der Waals surface area contributed by atoms with Crippen LogP contribution < -0.4 is 0 Å². The fourth-order valence-electron chi connectivity index (χ4n) is 2.16. The molecule has 0 saturated heterocycles. The molecule has 25 heavy (non-hydrogen) atoms. The lowest BCUT2D eigenvalue weighted by Gasteiger charge is -2.14. The second-order valence-electron chi connectivity index (χ2n) is 5.23. The Bertz CT molecular complexity index is 913. The Morgan fingerprint density at radius 3 is 2.44 bits per heavy atom. The number of hydrogen-bond donors (Lipinski definition) is 0. The quantitative estimate of drug-likeness (QED) is 0.628. The molecular weight excluding hydrogens is 373 g/mol. The SMILES string of the molecule is CN(Cc1nc2ccccc2s1)C(=O)c1ccc(C(=O)C(F)(F)F)s1. The average molecular weight is 384 g/mol. The molecule has 0 aliphatic rings. The normalized spacial score (nSPS) is 11.7. The second kappa shape index (κ2) is 6.57. The molecule has 0 bridgehead atoms. The Kier molecular flexibility index (Phi) is 4.61. The number of aromatic nitrogens is 1. The lowest BCUT2D eigenvalue weighted by Crippen LogP contribution is -2.25. The molecule has 3 rings (SSSR count). The number of carbonyl (C=O) groups excluding carboxylic acids is 2. The number of carbonyl (C=O) groups is 2. The summed E-state index contributed by atoms with van der Waals surface area (Å²) in [5, 5.41) is 0.722. The Morgan fingerprint density at radius 2 is 1.76 bits per heavy atom. The molecule has 0 atom stereocenters. The molecule has 0 fully saturated rings. The van der Waals surface area contributed by atoms with Crippen LogP contribution in [0.5, 0.6) is 0 Å². The van der Waals surface area contributed by atoms with Crippen molar-refractivity contribution in [2.75, 3.05) is 7.05 Å². The molecule has 1 aromatic carbocycles. The fraction of sp³-hybridized carbons (Fsp3) is 0.188. The van der Waals surface area contributed by atoms with Crippen LogP contribution in [0.3, 0.4) is 0 Å². The summed E-state index contributed by atoms with van der Waals surface area (Å²) in [7, 11) is 1.54. The largest absolute Gasteiger partial charge is 0.455 e. The summed E-state index contributed by atoms with van der Waals surface area (Å²) in [6.45, 7) is 0.235. The Hall–Kier alpha value is -2.26. The van der Waals surface area contributed by atoms with Crippen molar-refractivity contribution in [3.05, 3.63) is 51.2 Å². The monoisotopic (exact) mass is 384 g/mol. The van der Waals surface area contributed by atoms with Gasteiger partial charge in [0.05, 0.1) is 26.5 Å². The first-order valence-electron chi connectivity index (χ1n) is 7.07. The molecule has 0 unspecified atom stereocenters. The number of thiophene rings is 1. The number of alkyl halides is 3. The summed E-state index contributed by atoms with van der Waals surface area (Å²) in [5.74, 6) is -2.39. The van der Waals surface area contributed by atoms with Gasteiger partial charge < -0.3 is 4.90 Å². The van der Waals surface area contributed by atoms with E-state index < -0.39 is 22.7 Å². The van der Waals surface area contributed by atoms with Gasteiger partial charge in [0.15, 0.2) is 0 Å². The van der Waals surface area contributed by atoms with E-state index in [1.165, 1.54) is 22.3 Å². The van der Waals surface area contributed by atoms with Crippen molar-refractivity contribution < 1.29 is 22.8 Å². The standard InChI is InChI=1S/C16H11F3N2O2S2/c1-21(8-13-20-9-4-2-3-5-10(9)25-13)15(23)12-7-6-11(24-12)14(22)16(17,18)19/h2-7H,8H2,1H3. The molecule has 0 spiro atoms. The molecule has 0 saturated carbocycles. The topological polar surface area (TPSA) is 50.3 Å². The summed E-state index contributed by atoms with van der Waals surface area (Å²) in [6, 6.07) is 9.81. The number of fused-ring (bicyclic) bond motifs is 1. The van der Waals surface area contributed by atoms with Crippen molar-refractivity contribution >= 4 is 44.6 Å². The first-order valence-corrected chi connectivity index (χ1v) is 8.70. The molecule has 3 aromatic rings. The van der Waals surface area contributed by atoms with Gasteiger partial charge in [-0.1, -0.05) is 12.1 Å². The zero-order valence-corrected chi connectivity index (χ0v) is 14.5. The van der Waals surface area contributed by atoms with E-state index >= 15 is 0 Å². The molecular formula is C16H11F3N2O2S2. The number of amides is 1. The number of benzene rings is 1. The van der Waals surface area contributed by atoms with Crippen LogP contribution >= 0.6 is 22.7 Å². The maximum absolute atomic E-state index is 12.4. The Morgan fingerprint density at radius 1 is 1.08 bits per heavy atom. The number of halogens is 3. The van der Waals surface area contributed by atoms with Crippen LogP contribution in [-0.2, 0) is 6.54 Å². The van der Waals surface area contributed by atoms with E-state index in [-0.39, 0.29) is 11.4 Å². The average Bonchev–Trinajstić information content (AvgIpc) is 3.18. The third-order valence-electron chi connectivity index (χ3n) is 3.36. The molecule has 0 radical (unpaired) electrons. The second-order valence-corrected chi connectivity index (χ2v) is 7.43. The van der Waals surface area contributed by atoms with E-state index in [4.69, 9.17) is 0 Å².